The Balaban J connectivity index is 1.09. The van der Waals surface area contributed by atoms with Gasteiger partial charge in [-0.05, 0) is 98.7 Å². The third-order valence-electron chi connectivity index (χ3n) is 8.56. The number of amides is 4. The molecule has 1 aromatic rings. The Kier molecular flexibility index (Phi) is 5.81. The lowest BCUT2D eigenvalue weighted by Crippen LogP contribution is -2.35. The van der Waals surface area contributed by atoms with Gasteiger partial charge in [0.2, 0.25) is 0 Å². The van der Waals surface area contributed by atoms with Gasteiger partial charge in [0.15, 0.2) is 0 Å². The average molecular weight is 425 g/mol. The summed E-state index contributed by atoms with van der Waals surface area (Å²) in [7, 11) is 0. The smallest absolute Gasteiger partial charge is 0.319 e. The Morgan fingerprint density at radius 1 is 0.806 bits per heavy atom. The zero-order valence-corrected chi connectivity index (χ0v) is 18.6. The maximum absolute atomic E-state index is 12.5. The predicted molar refractivity (Wildman–Crippen MR) is 123 cm³/mol. The van der Waals surface area contributed by atoms with Crippen molar-refractivity contribution >= 4 is 23.4 Å². The number of hydrogen-bond acceptors (Lipinski definition) is 2. The molecule has 4 aliphatic carbocycles. The number of rotatable bonds is 6. The number of urea groups is 2. The van der Waals surface area contributed by atoms with Gasteiger partial charge in [-0.15, -0.1) is 0 Å². The molecule has 5 rings (SSSR count). The number of fused-ring (bicyclic) bond motifs is 4. The van der Waals surface area contributed by atoms with E-state index in [9.17, 15) is 9.59 Å². The number of nitrogens with one attached hydrogen (secondary N) is 4. The van der Waals surface area contributed by atoms with Gasteiger partial charge >= 0.3 is 12.1 Å². The topological polar surface area (TPSA) is 82.3 Å². The van der Waals surface area contributed by atoms with Crippen LogP contribution in [-0.2, 0) is 0 Å². The summed E-state index contributed by atoms with van der Waals surface area (Å²) in [5, 5.41) is 12.0. The van der Waals surface area contributed by atoms with E-state index in [1.165, 1.54) is 51.4 Å². The van der Waals surface area contributed by atoms with Crippen LogP contribution in [0, 0.1) is 42.4 Å². The van der Waals surface area contributed by atoms with Crippen LogP contribution in [0.3, 0.4) is 0 Å². The molecular formula is C25H36N4O2. The van der Waals surface area contributed by atoms with Crippen LogP contribution in [0.2, 0.25) is 0 Å². The minimum absolute atomic E-state index is 0.163. The van der Waals surface area contributed by atoms with Crippen LogP contribution in [-0.4, -0.2) is 25.2 Å². The lowest BCUT2D eigenvalue weighted by molar-refractivity contribution is 0.245. The molecular weight excluding hydrogens is 388 g/mol. The average Bonchev–Trinajstić information content (AvgIpc) is 3.55. The van der Waals surface area contributed by atoms with E-state index >= 15 is 0 Å². The molecule has 4 N–H and O–H groups in total. The standard InChI is InChI=1S/C25H36N4O2/c1-15-2-7-22(28-24(30)26-13-20-10-16-3-5-18(20)8-16)12-23(15)29-25(31)27-14-21-11-17-4-6-19(21)9-17/h2,7,12,16-21H,3-6,8-11,13-14H2,1H3,(H2,26,28,30)(H2,27,29,31)/t16-,17-,18-,19-,20+,21+/m1/s1. The van der Waals surface area contributed by atoms with E-state index in [2.05, 4.69) is 21.3 Å². The number of anilines is 2. The van der Waals surface area contributed by atoms with Crippen molar-refractivity contribution in [3.8, 4) is 0 Å². The second kappa shape index (κ2) is 8.71. The molecule has 4 bridgehead atoms. The van der Waals surface area contributed by atoms with E-state index in [1.54, 1.807) is 0 Å². The molecule has 4 fully saturated rings. The summed E-state index contributed by atoms with van der Waals surface area (Å²) >= 11 is 0. The molecule has 4 aliphatic rings. The predicted octanol–water partition coefficient (Wildman–Crippen LogP) is 5.11. The highest BCUT2D eigenvalue weighted by atomic mass is 16.2. The van der Waals surface area contributed by atoms with Gasteiger partial charge in [0.05, 0.1) is 0 Å². The van der Waals surface area contributed by atoms with Crippen molar-refractivity contribution in [3.05, 3.63) is 23.8 Å². The molecule has 6 nitrogen and oxygen atoms in total. The minimum atomic E-state index is -0.168. The Morgan fingerprint density at radius 2 is 1.39 bits per heavy atom. The van der Waals surface area contributed by atoms with Gasteiger partial charge < -0.3 is 21.3 Å². The highest BCUT2D eigenvalue weighted by molar-refractivity contribution is 5.93. The number of benzene rings is 1. The first-order valence-corrected chi connectivity index (χ1v) is 12.2. The molecule has 4 saturated carbocycles. The van der Waals surface area contributed by atoms with E-state index in [4.69, 9.17) is 0 Å². The zero-order chi connectivity index (χ0) is 21.4. The highest BCUT2D eigenvalue weighted by Crippen LogP contribution is 2.48. The molecule has 0 radical (unpaired) electrons. The lowest BCUT2D eigenvalue weighted by atomic mass is 9.89. The second-order valence-corrected chi connectivity index (χ2v) is 10.6. The van der Waals surface area contributed by atoms with Crippen molar-refractivity contribution in [2.75, 3.05) is 23.7 Å². The van der Waals surface area contributed by atoms with Crippen molar-refractivity contribution < 1.29 is 9.59 Å². The first-order valence-electron chi connectivity index (χ1n) is 12.2. The van der Waals surface area contributed by atoms with Crippen LogP contribution in [0.4, 0.5) is 21.0 Å². The van der Waals surface area contributed by atoms with E-state index in [-0.39, 0.29) is 12.1 Å². The molecule has 168 valence electrons. The summed E-state index contributed by atoms with van der Waals surface area (Å²) in [6, 6.07) is 5.31. The van der Waals surface area contributed by atoms with E-state index in [1.807, 2.05) is 25.1 Å². The quantitative estimate of drug-likeness (QED) is 0.512. The molecule has 31 heavy (non-hydrogen) atoms. The summed E-state index contributed by atoms with van der Waals surface area (Å²) in [5.74, 6) is 4.66. The lowest BCUT2D eigenvalue weighted by Gasteiger charge is -2.22. The van der Waals surface area contributed by atoms with E-state index in [0.29, 0.717) is 17.5 Å². The second-order valence-electron chi connectivity index (χ2n) is 10.6. The zero-order valence-electron chi connectivity index (χ0n) is 18.6. The molecule has 0 spiro atoms. The van der Waals surface area contributed by atoms with Crippen molar-refractivity contribution in [2.24, 2.45) is 35.5 Å². The first kappa shape index (κ1) is 20.7. The third-order valence-corrected chi connectivity index (χ3v) is 8.56. The van der Waals surface area contributed by atoms with Gasteiger partial charge in [0.1, 0.15) is 0 Å². The third kappa shape index (κ3) is 4.68. The van der Waals surface area contributed by atoms with Crippen LogP contribution >= 0.6 is 0 Å². The summed E-state index contributed by atoms with van der Waals surface area (Å²) < 4.78 is 0. The Labute approximate surface area is 185 Å². The molecule has 1 aromatic carbocycles. The summed E-state index contributed by atoms with van der Waals surface area (Å²) in [6.45, 7) is 3.48. The van der Waals surface area contributed by atoms with Gasteiger partial charge in [-0.3, -0.25) is 0 Å². The maximum Gasteiger partial charge on any atom is 0.319 e. The molecule has 0 unspecified atom stereocenters. The first-order chi connectivity index (χ1) is 15.0. The van der Waals surface area contributed by atoms with E-state index < -0.39 is 0 Å². The van der Waals surface area contributed by atoms with Crippen molar-refractivity contribution in [2.45, 2.75) is 58.3 Å². The SMILES string of the molecule is Cc1ccc(NC(=O)NC[C@@H]2C[C@@H]3CC[C@@H]2C3)cc1NC(=O)NC[C@@H]1C[C@@H]2CC[C@@H]1C2. The van der Waals surface area contributed by atoms with Gasteiger partial charge in [-0.2, -0.15) is 0 Å². The Morgan fingerprint density at radius 3 is 1.90 bits per heavy atom. The molecule has 6 atom stereocenters. The normalized spacial score (nSPS) is 32.8. The molecule has 6 heteroatoms. The number of aryl methyl sites for hydroxylation is 1. The molecule has 0 saturated heterocycles. The van der Waals surface area contributed by atoms with Crippen molar-refractivity contribution in [1.82, 2.24) is 10.6 Å². The summed E-state index contributed by atoms with van der Waals surface area (Å²) in [4.78, 5) is 24.8. The minimum Gasteiger partial charge on any atom is -0.338 e. The van der Waals surface area contributed by atoms with Gasteiger partial charge in [0.25, 0.3) is 0 Å². The van der Waals surface area contributed by atoms with Gasteiger partial charge in [0, 0.05) is 24.5 Å². The van der Waals surface area contributed by atoms with Crippen molar-refractivity contribution in [3.63, 3.8) is 0 Å². The fraction of sp³-hybridized carbons (Fsp3) is 0.680. The van der Waals surface area contributed by atoms with Crippen molar-refractivity contribution in [1.29, 1.82) is 0 Å². The molecule has 0 aliphatic heterocycles. The van der Waals surface area contributed by atoms with Gasteiger partial charge in [-0.1, -0.05) is 18.9 Å². The molecule has 0 heterocycles. The highest BCUT2D eigenvalue weighted by Gasteiger charge is 2.40. The largest absolute Gasteiger partial charge is 0.338 e. The summed E-state index contributed by atoms with van der Waals surface area (Å²) in [5.41, 5.74) is 2.40. The van der Waals surface area contributed by atoms with Crippen LogP contribution in [0.5, 0.6) is 0 Å². The monoisotopic (exact) mass is 424 g/mol. The number of carbonyl (C=O) groups is 2. The van der Waals surface area contributed by atoms with Crippen LogP contribution in [0.1, 0.15) is 56.9 Å². The van der Waals surface area contributed by atoms with Crippen LogP contribution < -0.4 is 21.3 Å². The fourth-order valence-corrected chi connectivity index (χ4v) is 6.88. The Hall–Kier alpha value is -2.24. The van der Waals surface area contributed by atoms with Gasteiger partial charge in [-0.25, -0.2) is 9.59 Å². The van der Waals surface area contributed by atoms with E-state index in [0.717, 1.165) is 48.0 Å². The maximum atomic E-state index is 12.5. The van der Waals surface area contributed by atoms with Crippen LogP contribution in [0.25, 0.3) is 0 Å². The van der Waals surface area contributed by atoms with Crippen LogP contribution in [0.15, 0.2) is 18.2 Å². The number of carbonyl (C=O) groups excluding carboxylic acids is 2. The summed E-state index contributed by atoms with van der Waals surface area (Å²) in [6.07, 6.45) is 10.6. The molecule has 0 aromatic heterocycles. The Bertz CT molecular complexity index is 841. The fourth-order valence-electron chi connectivity index (χ4n) is 6.88. The number of hydrogen-bond donors (Lipinski definition) is 4. The molecule has 4 amide bonds.